The number of fused-ring (bicyclic) bond motifs is 3. The number of carbonyl (C=O) groups is 3. The molecule has 14 nitrogen and oxygen atoms in total. The first kappa shape index (κ1) is 38.9. The molecule has 0 fully saturated rings. The van der Waals surface area contributed by atoms with Gasteiger partial charge in [0.05, 0.1) is 23.0 Å². The number of rotatable bonds is 10. The fourth-order valence-corrected chi connectivity index (χ4v) is 8.20. The highest BCUT2D eigenvalue weighted by Crippen LogP contribution is 2.47. The number of anilines is 1. The predicted molar refractivity (Wildman–Crippen MR) is 214 cm³/mol. The molecular formula is C43H41F2N9O5. The van der Waals surface area contributed by atoms with E-state index in [1.54, 1.807) is 37.7 Å². The number of benzene rings is 4. The van der Waals surface area contributed by atoms with Crippen LogP contribution in [0.4, 0.5) is 19.3 Å². The Balaban J connectivity index is 1.01. The van der Waals surface area contributed by atoms with Crippen LogP contribution in [0.5, 0.6) is 0 Å². The van der Waals surface area contributed by atoms with Gasteiger partial charge in [-0.15, -0.1) is 0 Å². The van der Waals surface area contributed by atoms with Gasteiger partial charge in [-0.1, -0.05) is 74.5 Å². The van der Waals surface area contributed by atoms with E-state index in [9.17, 15) is 23.6 Å². The second-order valence-corrected chi connectivity index (χ2v) is 15.1. The zero-order valence-electron chi connectivity index (χ0n) is 32.8. The molecule has 0 spiro atoms. The van der Waals surface area contributed by atoms with Crippen LogP contribution in [0.15, 0.2) is 96.1 Å². The Bertz CT molecular complexity index is 2640. The zero-order chi connectivity index (χ0) is 41.7. The first-order valence-corrected chi connectivity index (χ1v) is 19.1. The SMILES string of the molecule is CC(C)[C@@H](C(=O)N[C@@H](C)C(=O)NCn1nc2c3c(cc(F)cc3c1=O)N[C@H](c1ccc(F)cc1)[C@H]2c1ncnn1C)N(C)C(=O)OC1c2ccccc2-c2ccccc21. The quantitative estimate of drug-likeness (QED) is 0.161. The summed E-state index contributed by atoms with van der Waals surface area (Å²) in [6.45, 7) is 4.60. The maximum atomic E-state index is 15.1. The van der Waals surface area contributed by atoms with E-state index < -0.39 is 71.9 Å². The van der Waals surface area contributed by atoms with Gasteiger partial charge in [0.1, 0.15) is 42.5 Å². The van der Waals surface area contributed by atoms with Gasteiger partial charge in [0.2, 0.25) is 11.8 Å². The lowest BCUT2D eigenvalue weighted by molar-refractivity contribution is -0.132. The summed E-state index contributed by atoms with van der Waals surface area (Å²) in [4.78, 5) is 60.5. The highest BCUT2D eigenvalue weighted by atomic mass is 19.1. The Labute approximate surface area is 337 Å². The summed E-state index contributed by atoms with van der Waals surface area (Å²) in [6, 6.07) is 20.8. The van der Waals surface area contributed by atoms with Crippen molar-refractivity contribution < 1.29 is 27.9 Å². The lowest BCUT2D eigenvalue weighted by atomic mass is 9.83. The molecule has 8 rings (SSSR count). The van der Waals surface area contributed by atoms with Gasteiger partial charge in [-0.25, -0.2) is 23.2 Å². The smallest absolute Gasteiger partial charge is 0.411 e. The number of halogens is 2. The van der Waals surface area contributed by atoms with E-state index >= 15 is 4.39 Å². The number of aromatic nitrogens is 5. The average Bonchev–Trinajstić information content (AvgIpc) is 3.78. The lowest BCUT2D eigenvalue weighted by Crippen LogP contribution is -2.55. The van der Waals surface area contributed by atoms with E-state index in [0.717, 1.165) is 33.0 Å². The number of nitrogens with zero attached hydrogens (tertiary/aromatic N) is 6. The molecular weight excluding hydrogens is 761 g/mol. The van der Waals surface area contributed by atoms with Gasteiger partial charge in [0.25, 0.3) is 5.56 Å². The van der Waals surface area contributed by atoms with Crippen LogP contribution in [0.25, 0.3) is 21.9 Å². The molecule has 0 saturated heterocycles. The average molecular weight is 802 g/mol. The molecule has 0 unspecified atom stereocenters. The zero-order valence-corrected chi connectivity index (χ0v) is 32.8. The Hall–Kier alpha value is -6.97. The number of aryl methyl sites for hydroxylation is 1. The van der Waals surface area contributed by atoms with Crippen LogP contribution in [0, 0.1) is 17.6 Å². The van der Waals surface area contributed by atoms with Gasteiger partial charge in [-0.2, -0.15) is 10.2 Å². The first-order chi connectivity index (χ1) is 28.3. The van der Waals surface area contributed by atoms with E-state index in [-0.39, 0.29) is 11.3 Å². The van der Waals surface area contributed by atoms with Gasteiger partial charge >= 0.3 is 6.09 Å². The highest BCUT2D eigenvalue weighted by Gasteiger charge is 2.39. The van der Waals surface area contributed by atoms with Gasteiger partial charge in [-0.3, -0.25) is 24.0 Å². The van der Waals surface area contributed by atoms with Crippen molar-refractivity contribution in [1.82, 2.24) is 40.1 Å². The van der Waals surface area contributed by atoms with Gasteiger partial charge in [0.15, 0.2) is 6.10 Å². The fraction of sp³-hybridized carbons (Fsp3) is 0.279. The third-order valence-electron chi connectivity index (χ3n) is 11.0. The second kappa shape index (κ2) is 15.4. The van der Waals surface area contributed by atoms with Gasteiger partial charge in [0, 0.05) is 36.3 Å². The van der Waals surface area contributed by atoms with E-state index in [1.165, 1.54) is 43.4 Å². The summed E-state index contributed by atoms with van der Waals surface area (Å²) in [5.41, 5.74) is 4.26. The summed E-state index contributed by atoms with van der Waals surface area (Å²) < 4.78 is 37.7. The molecule has 59 heavy (non-hydrogen) atoms. The largest absolute Gasteiger partial charge is 0.436 e. The van der Waals surface area contributed by atoms with Crippen molar-refractivity contribution in [3.8, 4) is 11.1 Å². The van der Waals surface area contributed by atoms with Crippen LogP contribution < -0.4 is 21.5 Å². The van der Waals surface area contributed by atoms with Crippen LogP contribution in [-0.4, -0.2) is 66.5 Å². The standard InChI is InChI=1S/C43H41F2N9O5/c1-22(2)37(52(4)43(58)59-38-29-12-8-6-10-27(29)28-11-7-9-13-30(28)38)41(56)49-23(3)40(55)47-21-54-42(57)31-18-26(45)19-32-33(31)36(51-54)34(39-46-20-48-53(39)5)35(50-32)24-14-16-25(44)17-15-24/h6-20,22-23,34-35,37-38,50H,21H2,1-5H3,(H,47,55)(H,49,56)/t23-,34+,35+,37-/m0/s1. The number of hydrogen-bond acceptors (Lipinski definition) is 9. The first-order valence-electron chi connectivity index (χ1n) is 19.1. The van der Waals surface area contributed by atoms with Crippen molar-refractivity contribution in [2.75, 3.05) is 12.4 Å². The molecule has 2 aliphatic rings. The third kappa shape index (κ3) is 7.04. The number of carbonyl (C=O) groups excluding carboxylic acids is 3. The monoisotopic (exact) mass is 801 g/mol. The number of nitrogens with one attached hydrogen (secondary N) is 3. The number of hydrogen-bond donors (Lipinski definition) is 3. The minimum absolute atomic E-state index is 0.0112. The Morgan fingerprint density at radius 3 is 2.20 bits per heavy atom. The molecule has 0 bridgehead atoms. The molecule has 4 atom stereocenters. The normalized spacial score (nSPS) is 16.5. The molecule has 1 aliphatic carbocycles. The van der Waals surface area contributed by atoms with E-state index in [0.29, 0.717) is 28.2 Å². The second-order valence-electron chi connectivity index (χ2n) is 15.1. The predicted octanol–water partition coefficient (Wildman–Crippen LogP) is 5.54. The molecule has 3 N–H and O–H groups in total. The van der Waals surface area contributed by atoms with Crippen LogP contribution in [0.3, 0.4) is 0 Å². The summed E-state index contributed by atoms with van der Waals surface area (Å²) in [5.74, 6) is -2.95. The van der Waals surface area contributed by atoms with Gasteiger partial charge < -0.3 is 20.7 Å². The van der Waals surface area contributed by atoms with Crippen molar-refractivity contribution in [3.63, 3.8) is 0 Å². The minimum atomic E-state index is -1.11. The maximum Gasteiger partial charge on any atom is 0.411 e. The molecule has 1 aliphatic heterocycles. The molecule has 3 heterocycles. The van der Waals surface area contributed by atoms with Crippen molar-refractivity contribution in [1.29, 1.82) is 0 Å². The summed E-state index contributed by atoms with van der Waals surface area (Å²) >= 11 is 0. The molecule has 3 amide bonds. The molecule has 302 valence electrons. The Kier molecular flexibility index (Phi) is 10.2. The van der Waals surface area contributed by atoms with E-state index in [4.69, 9.17) is 9.84 Å². The molecule has 0 radical (unpaired) electrons. The maximum absolute atomic E-state index is 15.1. The summed E-state index contributed by atoms with van der Waals surface area (Å²) in [6.07, 6.45) is -0.00340. The molecule has 4 aromatic carbocycles. The van der Waals surface area contributed by atoms with Crippen LogP contribution in [0.1, 0.15) is 67.0 Å². The topological polar surface area (TPSA) is 165 Å². The van der Waals surface area contributed by atoms with Crippen LogP contribution in [-0.2, 0) is 28.0 Å². The van der Waals surface area contributed by atoms with Crippen molar-refractivity contribution in [2.45, 2.75) is 57.6 Å². The summed E-state index contributed by atoms with van der Waals surface area (Å²) in [5, 5.41) is 18.0. The minimum Gasteiger partial charge on any atom is -0.436 e. The molecule has 2 aromatic heterocycles. The van der Waals surface area contributed by atoms with Crippen LogP contribution >= 0.6 is 0 Å². The van der Waals surface area contributed by atoms with Crippen LogP contribution in [0.2, 0.25) is 0 Å². The van der Waals surface area contributed by atoms with Gasteiger partial charge in [-0.05, 0) is 53.8 Å². The lowest BCUT2D eigenvalue weighted by Gasteiger charge is -2.34. The van der Waals surface area contributed by atoms with Crippen molar-refractivity contribution in [3.05, 3.63) is 141 Å². The molecule has 6 aromatic rings. The number of likely N-dealkylation sites (N-methyl/N-ethyl adjacent to an activating group) is 1. The number of amides is 3. The fourth-order valence-electron chi connectivity index (χ4n) is 8.20. The van der Waals surface area contributed by atoms with Crippen molar-refractivity contribution in [2.24, 2.45) is 13.0 Å². The van der Waals surface area contributed by atoms with E-state index in [1.807, 2.05) is 48.5 Å². The van der Waals surface area contributed by atoms with Crippen molar-refractivity contribution >= 4 is 34.4 Å². The molecule has 0 saturated carbocycles. The third-order valence-corrected chi connectivity index (χ3v) is 11.0. The Morgan fingerprint density at radius 2 is 1.58 bits per heavy atom. The molecule has 16 heteroatoms. The van der Waals surface area contributed by atoms with E-state index in [2.05, 4.69) is 26.0 Å². The highest BCUT2D eigenvalue weighted by molar-refractivity contribution is 5.97. The number of ether oxygens (including phenoxy) is 1. The summed E-state index contributed by atoms with van der Waals surface area (Å²) in [7, 11) is 3.18. The Morgan fingerprint density at radius 1 is 0.915 bits per heavy atom.